The Morgan fingerprint density at radius 3 is 2.56 bits per heavy atom. The van der Waals surface area contributed by atoms with E-state index in [0.717, 1.165) is 23.7 Å². The summed E-state index contributed by atoms with van der Waals surface area (Å²) >= 11 is 5.42. The van der Waals surface area contributed by atoms with Gasteiger partial charge in [-0.2, -0.15) is 4.98 Å². The predicted octanol–water partition coefficient (Wildman–Crippen LogP) is 3.15. The van der Waals surface area contributed by atoms with Gasteiger partial charge in [0, 0.05) is 11.1 Å². The second-order valence-corrected chi connectivity index (χ2v) is 7.05. The average Bonchev–Trinajstić information content (AvgIpc) is 3.02. The summed E-state index contributed by atoms with van der Waals surface area (Å²) in [6.45, 7) is 7.84. The van der Waals surface area contributed by atoms with E-state index >= 15 is 0 Å². The van der Waals surface area contributed by atoms with Crippen molar-refractivity contribution in [2.45, 2.75) is 20.1 Å². The number of H-pyrrole nitrogens is 1. The van der Waals surface area contributed by atoms with E-state index in [0.29, 0.717) is 18.0 Å². The molecule has 1 aromatic heterocycles. The van der Waals surface area contributed by atoms with E-state index in [9.17, 15) is 0 Å². The van der Waals surface area contributed by atoms with Gasteiger partial charge >= 0.3 is 0 Å². The Hall–Kier alpha value is -2.70. The standard InChI is InChI=1S/C21H24N4OS/c1-4-13-26-19-11-7-17(8-12-19)14-24(3)15-25-21(27)22-20(23-25)18-9-5-16(2)6-10-18/h4-12H,1,13-15H2,2-3H3,(H,22,23,27)/p+1. The molecule has 27 heavy (non-hydrogen) atoms. The van der Waals surface area contributed by atoms with Crippen LogP contribution < -0.4 is 9.64 Å². The highest BCUT2D eigenvalue weighted by Crippen LogP contribution is 2.15. The number of nitrogens with one attached hydrogen (secondary N) is 2. The predicted molar refractivity (Wildman–Crippen MR) is 110 cm³/mol. The molecule has 3 aromatic rings. The van der Waals surface area contributed by atoms with Crippen molar-refractivity contribution in [3.63, 3.8) is 0 Å². The van der Waals surface area contributed by atoms with Crippen LogP contribution in [0.4, 0.5) is 0 Å². The number of rotatable bonds is 8. The van der Waals surface area contributed by atoms with Crippen LogP contribution in [-0.4, -0.2) is 28.4 Å². The van der Waals surface area contributed by atoms with E-state index in [1.807, 2.05) is 16.8 Å². The first-order valence-electron chi connectivity index (χ1n) is 8.93. The summed E-state index contributed by atoms with van der Waals surface area (Å²) in [7, 11) is 2.14. The molecule has 2 aromatic carbocycles. The lowest BCUT2D eigenvalue weighted by Gasteiger charge is -2.14. The maximum atomic E-state index is 5.52. The number of aryl methyl sites for hydroxylation is 1. The fourth-order valence-electron chi connectivity index (χ4n) is 2.84. The topological polar surface area (TPSA) is 47.3 Å². The Balaban J connectivity index is 1.64. The molecular formula is C21H25N4OS+. The largest absolute Gasteiger partial charge is 0.490 e. The van der Waals surface area contributed by atoms with Gasteiger partial charge in [-0.25, -0.2) is 4.68 Å². The van der Waals surface area contributed by atoms with Gasteiger partial charge in [0.15, 0.2) is 12.5 Å². The number of quaternary nitrogens is 1. The van der Waals surface area contributed by atoms with Gasteiger partial charge in [-0.15, -0.1) is 0 Å². The molecule has 6 heteroatoms. The normalized spacial score (nSPS) is 11.9. The number of aromatic nitrogens is 3. The molecule has 0 fully saturated rings. The van der Waals surface area contributed by atoms with Crippen molar-refractivity contribution in [1.82, 2.24) is 14.8 Å². The molecule has 5 nitrogen and oxygen atoms in total. The van der Waals surface area contributed by atoms with E-state index in [1.165, 1.54) is 16.0 Å². The summed E-state index contributed by atoms with van der Waals surface area (Å²) in [5.41, 5.74) is 3.50. The Morgan fingerprint density at radius 2 is 1.89 bits per heavy atom. The van der Waals surface area contributed by atoms with Crippen LogP contribution in [0.5, 0.6) is 5.75 Å². The average molecular weight is 382 g/mol. The van der Waals surface area contributed by atoms with Gasteiger partial charge in [-0.1, -0.05) is 42.5 Å². The molecule has 0 aliphatic rings. The minimum Gasteiger partial charge on any atom is -0.490 e. The quantitative estimate of drug-likeness (QED) is 0.465. The SMILES string of the molecule is C=CCOc1ccc(C[NH+](C)Cn2[nH]c(-c3ccc(C)cc3)nc2=S)cc1. The van der Waals surface area contributed by atoms with Gasteiger partial charge in [-0.05, 0) is 43.4 Å². The van der Waals surface area contributed by atoms with E-state index in [1.54, 1.807) is 6.08 Å². The third-order valence-electron chi connectivity index (χ3n) is 4.23. The molecule has 1 heterocycles. The van der Waals surface area contributed by atoms with E-state index < -0.39 is 0 Å². The van der Waals surface area contributed by atoms with Gasteiger partial charge in [-0.3, -0.25) is 5.10 Å². The summed E-state index contributed by atoms with van der Waals surface area (Å²) in [6.07, 6.45) is 1.74. The maximum Gasteiger partial charge on any atom is 0.221 e. The van der Waals surface area contributed by atoms with Crippen molar-refractivity contribution in [2.75, 3.05) is 13.7 Å². The van der Waals surface area contributed by atoms with Crippen LogP contribution in [0, 0.1) is 11.7 Å². The second kappa shape index (κ2) is 8.79. The number of benzene rings is 2. The number of aromatic amines is 1. The first-order valence-corrected chi connectivity index (χ1v) is 9.34. The second-order valence-electron chi connectivity index (χ2n) is 6.68. The lowest BCUT2D eigenvalue weighted by atomic mass is 10.1. The van der Waals surface area contributed by atoms with Crippen molar-refractivity contribution >= 4 is 12.2 Å². The van der Waals surface area contributed by atoms with Crippen LogP contribution in [0.2, 0.25) is 0 Å². The van der Waals surface area contributed by atoms with Crippen molar-refractivity contribution < 1.29 is 9.64 Å². The molecule has 0 radical (unpaired) electrons. The van der Waals surface area contributed by atoms with Crippen LogP contribution in [0.15, 0.2) is 61.2 Å². The highest BCUT2D eigenvalue weighted by molar-refractivity contribution is 7.71. The van der Waals surface area contributed by atoms with Crippen LogP contribution in [0.3, 0.4) is 0 Å². The third-order valence-corrected chi connectivity index (χ3v) is 4.54. The lowest BCUT2D eigenvalue weighted by Crippen LogP contribution is -3.07. The zero-order valence-electron chi connectivity index (χ0n) is 15.7. The zero-order valence-corrected chi connectivity index (χ0v) is 16.6. The first kappa shape index (κ1) is 19.1. The minimum atomic E-state index is 0.520. The Labute approximate surface area is 164 Å². The fourth-order valence-corrected chi connectivity index (χ4v) is 3.04. The highest BCUT2D eigenvalue weighted by atomic mass is 32.1. The molecule has 2 N–H and O–H groups in total. The van der Waals surface area contributed by atoms with Gasteiger partial charge in [0.1, 0.15) is 18.9 Å². The van der Waals surface area contributed by atoms with Crippen molar-refractivity contribution in [2.24, 2.45) is 0 Å². The summed E-state index contributed by atoms with van der Waals surface area (Å²) in [5.74, 6) is 1.66. The van der Waals surface area contributed by atoms with E-state index in [4.69, 9.17) is 17.0 Å². The molecule has 0 amide bonds. The Morgan fingerprint density at radius 1 is 1.19 bits per heavy atom. The summed E-state index contributed by atoms with van der Waals surface area (Å²) in [6, 6.07) is 16.4. The number of hydrogen-bond donors (Lipinski definition) is 2. The molecule has 0 bridgehead atoms. The molecule has 1 unspecified atom stereocenters. The van der Waals surface area contributed by atoms with E-state index in [-0.39, 0.29) is 0 Å². The summed E-state index contributed by atoms with van der Waals surface area (Å²) in [4.78, 5) is 5.79. The van der Waals surface area contributed by atoms with Crippen LogP contribution >= 0.6 is 12.2 Å². The molecule has 0 spiro atoms. The highest BCUT2D eigenvalue weighted by Gasteiger charge is 2.10. The van der Waals surface area contributed by atoms with Gasteiger partial charge in [0.05, 0.1) is 7.05 Å². The molecule has 3 rings (SSSR count). The van der Waals surface area contributed by atoms with Crippen LogP contribution in [0.1, 0.15) is 11.1 Å². The zero-order chi connectivity index (χ0) is 19.2. The van der Waals surface area contributed by atoms with Crippen molar-refractivity contribution in [3.8, 4) is 17.1 Å². The molecule has 140 valence electrons. The summed E-state index contributed by atoms with van der Waals surface area (Å²) < 4.78 is 8.01. The van der Waals surface area contributed by atoms with Gasteiger partial charge in [0.2, 0.25) is 4.77 Å². The number of ether oxygens (including phenoxy) is 1. The summed E-state index contributed by atoms with van der Waals surface area (Å²) in [5, 5.41) is 3.32. The minimum absolute atomic E-state index is 0.520. The lowest BCUT2D eigenvalue weighted by molar-refractivity contribution is -0.917. The number of hydrogen-bond acceptors (Lipinski definition) is 3. The Bertz CT molecular complexity index is 942. The first-order chi connectivity index (χ1) is 13.0. The van der Waals surface area contributed by atoms with E-state index in [2.05, 4.69) is 67.0 Å². The molecular weight excluding hydrogens is 356 g/mol. The monoisotopic (exact) mass is 381 g/mol. The third kappa shape index (κ3) is 5.15. The van der Waals surface area contributed by atoms with Crippen molar-refractivity contribution in [3.05, 3.63) is 77.1 Å². The van der Waals surface area contributed by atoms with Gasteiger partial charge < -0.3 is 9.64 Å². The smallest absolute Gasteiger partial charge is 0.221 e. The van der Waals surface area contributed by atoms with Crippen molar-refractivity contribution in [1.29, 1.82) is 0 Å². The van der Waals surface area contributed by atoms with Crippen LogP contribution in [-0.2, 0) is 13.2 Å². The van der Waals surface area contributed by atoms with Crippen LogP contribution in [0.25, 0.3) is 11.4 Å². The molecule has 0 aliphatic carbocycles. The van der Waals surface area contributed by atoms with Gasteiger partial charge in [0.25, 0.3) is 0 Å². The maximum absolute atomic E-state index is 5.52. The molecule has 0 saturated heterocycles. The molecule has 1 atom stereocenters. The molecule has 0 saturated carbocycles. The molecule has 0 aliphatic heterocycles. The fraction of sp³-hybridized carbons (Fsp3) is 0.238. The Kier molecular flexibility index (Phi) is 6.21. The number of nitrogens with zero attached hydrogens (tertiary/aromatic N) is 2.